The number of hydrogen-bond acceptors (Lipinski definition) is 5. The SMILES string of the molecule is CC(C)[C@@H](C(=O)NC(C)(C)C)N(Cc1cccs1)C(=O)CNS(=O)(=O)c1ccccc1. The third-order valence-electron chi connectivity index (χ3n) is 4.43. The van der Waals surface area contributed by atoms with Crippen LogP contribution in [-0.4, -0.2) is 43.3 Å². The molecule has 1 atom stereocenters. The fourth-order valence-corrected chi connectivity index (χ4v) is 4.80. The summed E-state index contributed by atoms with van der Waals surface area (Å²) >= 11 is 1.48. The molecule has 7 nitrogen and oxygen atoms in total. The van der Waals surface area contributed by atoms with Gasteiger partial charge in [0.15, 0.2) is 0 Å². The van der Waals surface area contributed by atoms with Crippen LogP contribution in [-0.2, 0) is 26.2 Å². The Morgan fingerprint density at radius 2 is 1.71 bits per heavy atom. The summed E-state index contributed by atoms with van der Waals surface area (Å²) < 4.78 is 27.5. The summed E-state index contributed by atoms with van der Waals surface area (Å²) in [6.45, 7) is 9.16. The monoisotopic (exact) mass is 465 g/mol. The predicted octanol–water partition coefficient (Wildman–Crippen LogP) is 2.99. The molecule has 1 aromatic carbocycles. The lowest BCUT2D eigenvalue weighted by atomic mass is 9.99. The van der Waals surface area contributed by atoms with Crippen LogP contribution in [0.25, 0.3) is 0 Å². The highest BCUT2D eigenvalue weighted by Gasteiger charge is 2.34. The minimum Gasteiger partial charge on any atom is -0.350 e. The van der Waals surface area contributed by atoms with Gasteiger partial charge >= 0.3 is 0 Å². The molecule has 0 aliphatic heterocycles. The number of carbonyl (C=O) groups excluding carboxylic acids is 2. The molecule has 2 amide bonds. The molecular formula is C22H31N3O4S2. The van der Waals surface area contributed by atoms with E-state index in [4.69, 9.17) is 0 Å². The van der Waals surface area contributed by atoms with Crippen molar-refractivity contribution >= 4 is 33.2 Å². The second kappa shape index (κ2) is 10.4. The largest absolute Gasteiger partial charge is 0.350 e. The highest BCUT2D eigenvalue weighted by Crippen LogP contribution is 2.20. The maximum atomic E-state index is 13.2. The molecule has 31 heavy (non-hydrogen) atoms. The number of sulfonamides is 1. The Kier molecular flexibility index (Phi) is 8.39. The van der Waals surface area contributed by atoms with Gasteiger partial charge in [0.1, 0.15) is 6.04 Å². The Morgan fingerprint density at radius 3 is 2.23 bits per heavy atom. The van der Waals surface area contributed by atoms with Gasteiger partial charge in [0, 0.05) is 10.4 Å². The van der Waals surface area contributed by atoms with Crippen molar-refractivity contribution in [1.82, 2.24) is 14.9 Å². The van der Waals surface area contributed by atoms with Gasteiger partial charge < -0.3 is 10.2 Å². The summed E-state index contributed by atoms with van der Waals surface area (Å²) in [5.74, 6) is -0.897. The van der Waals surface area contributed by atoms with Crippen molar-refractivity contribution < 1.29 is 18.0 Å². The minimum atomic E-state index is -3.84. The van der Waals surface area contributed by atoms with Crippen LogP contribution >= 0.6 is 11.3 Å². The lowest BCUT2D eigenvalue weighted by molar-refractivity contribution is -0.142. The molecule has 0 saturated heterocycles. The average Bonchev–Trinajstić information content (AvgIpc) is 3.18. The van der Waals surface area contributed by atoms with Crippen LogP contribution in [0.3, 0.4) is 0 Å². The number of rotatable bonds is 9. The molecule has 0 fully saturated rings. The van der Waals surface area contributed by atoms with Crippen molar-refractivity contribution in [2.24, 2.45) is 5.92 Å². The molecule has 0 aliphatic carbocycles. The molecule has 0 saturated carbocycles. The number of nitrogens with zero attached hydrogens (tertiary/aromatic N) is 1. The van der Waals surface area contributed by atoms with E-state index in [0.717, 1.165) is 4.88 Å². The lowest BCUT2D eigenvalue weighted by Gasteiger charge is -2.35. The predicted molar refractivity (Wildman–Crippen MR) is 123 cm³/mol. The maximum absolute atomic E-state index is 13.2. The van der Waals surface area contributed by atoms with Gasteiger partial charge in [-0.2, -0.15) is 0 Å². The topological polar surface area (TPSA) is 95.6 Å². The van der Waals surface area contributed by atoms with Crippen LogP contribution in [0.1, 0.15) is 39.5 Å². The number of thiophene rings is 1. The molecule has 0 radical (unpaired) electrons. The Hall–Kier alpha value is -2.23. The molecule has 2 N–H and O–H groups in total. The summed E-state index contributed by atoms with van der Waals surface area (Å²) in [7, 11) is -3.84. The number of nitrogens with one attached hydrogen (secondary N) is 2. The number of amides is 2. The van der Waals surface area contributed by atoms with Gasteiger partial charge in [-0.3, -0.25) is 9.59 Å². The summed E-state index contributed by atoms with van der Waals surface area (Å²) in [5, 5.41) is 4.84. The quantitative estimate of drug-likeness (QED) is 0.595. The molecule has 170 valence electrons. The summed E-state index contributed by atoms with van der Waals surface area (Å²) in [6, 6.07) is 10.9. The molecule has 0 spiro atoms. The summed E-state index contributed by atoms with van der Waals surface area (Å²) in [4.78, 5) is 28.7. The van der Waals surface area contributed by atoms with Gasteiger partial charge in [-0.05, 0) is 50.3 Å². The van der Waals surface area contributed by atoms with Crippen LogP contribution in [0.15, 0.2) is 52.7 Å². The van der Waals surface area contributed by atoms with Gasteiger partial charge in [-0.15, -0.1) is 11.3 Å². The summed E-state index contributed by atoms with van der Waals surface area (Å²) in [6.07, 6.45) is 0. The van der Waals surface area contributed by atoms with Crippen molar-refractivity contribution in [1.29, 1.82) is 0 Å². The van der Waals surface area contributed by atoms with Gasteiger partial charge in [-0.1, -0.05) is 38.1 Å². The molecule has 9 heteroatoms. The van der Waals surface area contributed by atoms with Gasteiger partial charge in [0.05, 0.1) is 18.0 Å². The Balaban J connectivity index is 2.27. The highest BCUT2D eigenvalue weighted by molar-refractivity contribution is 7.89. The Bertz CT molecular complexity index is 966. The molecular weight excluding hydrogens is 434 g/mol. The standard InChI is InChI=1S/C22H31N3O4S2/c1-16(2)20(21(27)24-22(3,4)5)25(15-17-10-9-13-30-17)19(26)14-23-31(28,29)18-11-7-6-8-12-18/h6-13,16,20,23H,14-15H2,1-5H3,(H,24,27)/t20-/m0/s1. The normalized spacial score (nSPS) is 13.1. The number of carbonyl (C=O) groups is 2. The summed E-state index contributed by atoms with van der Waals surface area (Å²) in [5.41, 5.74) is -0.462. The third kappa shape index (κ3) is 7.45. The first-order valence-corrected chi connectivity index (χ1v) is 12.5. The van der Waals surface area contributed by atoms with E-state index in [1.165, 1.54) is 28.4 Å². The van der Waals surface area contributed by atoms with Gasteiger partial charge in [0.2, 0.25) is 21.8 Å². The molecule has 2 rings (SSSR count). The van der Waals surface area contributed by atoms with Crippen molar-refractivity contribution in [2.45, 2.75) is 57.6 Å². The van der Waals surface area contributed by atoms with E-state index in [9.17, 15) is 18.0 Å². The molecule has 1 aromatic heterocycles. The first-order valence-electron chi connectivity index (χ1n) is 10.1. The van der Waals surface area contributed by atoms with Gasteiger partial charge in [0.25, 0.3) is 0 Å². The van der Waals surface area contributed by atoms with Crippen LogP contribution in [0.5, 0.6) is 0 Å². The first-order chi connectivity index (χ1) is 14.4. The van der Waals surface area contributed by atoms with Crippen LogP contribution < -0.4 is 10.0 Å². The Morgan fingerprint density at radius 1 is 1.06 bits per heavy atom. The van der Waals surface area contributed by atoms with Crippen molar-refractivity contribution in [2.75, 3.05) is 6.54 Å². The molecule has 1 heterocycles. The van der Waals surface area contributed by atoms with E-state index in [1.807, 2.05) is 52.1 Å². The van der Waals surface area contributed by atoms with Gasteiger partial charge in [-0.25, -0.2) is 13.1 Å². The van der Waals surface area contributed by atoms with Crippen LogP contribution in [0, 0.1) is 5.92 Å². The molecule has 2 aromatic rings. The number of hydrogen-bond donors (Lipinski definition) is 2. The fourth-order valence-electron chi connectivity index (χ4n) is 3.10. The fraction of sp³-hybridized carbons (Fsp3) is 0.455. The highest BCUT2D eigenvalue weighted by atomic mass is 32.2. The zero-order chi connectivity index (χ0) is 23.2. The van der Waals surface area contributed by atoms with Crippen LogP contribution in [0.4, 0.5) is 0 Å². The van der Waals surface area contributed by atoms with E-state index in [-0.39, 0.29) is 23.3 Å². The van der Waals surface area contributed by atoms with Crippen molar-refractivity contribution in [3.05, 3.63) is 52.7 Å². The zero-order valence-corrected chi connectivity index (χ0v) is 20.2. The average molecular weight is 466 g/mol. The maximum Gasteiger partial charge on any atom is 0.243 e. The smallest absolute Gasteiger partial charge is 0.243 e. The van der Waals surface area contributed by atoms with Crippen molar-refractivity contribution in [3.8, 4) is 0 Å². The van der Waals surface area contributed by atoms with Crippen LogP contribution in [0.2, 0.25) is 0 Å². The van der Waals surface area contributed by atoms with E-state index in [0.29, 0.717) is 0 Å². The lowest BCUT2D eigenvalue weighted by Crippen LogP contribution is -2.56. The second-order valence-corrected chi connectivity index (χ2v) is 11.5. The number of benzene rings is 1. The van der Waals surface area contributed by atoms with E-state index >= 15 is 0 Å². The first kappa shape index (κ1) is 25.0. The van der Waals surface area contributed by atoms with Crippen molar-refractivity contribution in [3.63, 3.8) is 0 Å². The minimum absolute atomic E-state index is 0.0819. The Labute approximate surface area is 188 Å². The molecule has 0 aliphatic rings. The second-order valence-electron chi connectivity index (χ2n) is 8.67. The van der Waals surface area contributed by atoms with E-state index in [1.54, 1.807) is 18.2 Å². The zero-order valence-electron chi connectivity index (χ0n) is 18.6. The third-order valence-corrected chi connectivity index (χ3v) is 6.71. The van der Waals surface area contributed by atoms with E-state index < -0.39 is 34.1 Å². The molecule has 0 bridgehead atoms. The molecule has 0 unspecified atom stereocenters. The van der Waals surface area contributed by atoms with E-state index in [2.05, 4.69) is 10.0 Å².